The van der Waals surface area contributed by atoms with Crippen LogP contribution in [0.1, 0.15) is 17.3 Å². The van der Waals surface area contributed by atoms with Crippen molar-refractivity contribution >= 4 is 33.7 Å². The highest BCUT2D eigenvalue weighted by atomic mass is 79.9. The van der Waals surface area contributed by atoms with E-state index in [0.717, 1.165) is 4.47 Å². The lowest BCUT2D eigenvalue weighted by atomic mass is 10.2. The van der Waals surface area contributed by atoms with Gasteiger partial charge < -0.3 is 10.2 Å². The van der Waals surface area contributed by atoms with E-state index in [1.165, 1.54) is 11.8 Å². The number of benzene rings is 1. The van der Waals surface area contributed by atoms with Gasteiger partial charge in [-0.2, -0.15) is 0 Å². The third-order valence-electron chi connectivity index (χ3n) is 1.76. The van der Waals surface area contributed by atoms with Crippen molar-refractivity contribution in [3.8, 4) is 0 Å². The molecule has 15 heavy (non-hydrogen) atoms. The van der Waals surface area contributed by atoms with Crippen LogP contribution in [-0.2, 0) is 0 Å². The van der Waals surface area contributed by atoms with E-state index in [0.29, 0.717) is 4.90 Å². The minimum atomic E-state index is -0.955. The number of rotatable bonds is 4. The predicted molar refractivity (Wildman–Crippen MR) is 63.5 cm³/mol. The van der Waals surface area contributed by atoms with Crippen LogP contribution in [0.15, 0.2) is 27.6 Å². The Hall–Kier alpha value is -0.520. The van der Waals surface area contributed by atoms with Crippen LogP contribution in [0, 0.1) is 0 Å². The van der Waals surface area contributed by atoms with Crippen molar-refractivity contribution in [1.29, 1.82) is 0 Å². The van der Waals surface area contributed by atoms with Gasteiger partial charge in [-0.05, 0) is 18.2 Å². The van der Waals surface area contributed by atoms with Crippen LogP contribution in [0.25, 0.3) is 0 Å². The molecule has 0 saturated carbocycles. The number of hydrogen-bond acceptors (Lipinski definition) is 3. The minimum absolute atomic E-state index is 0.00993. The highest BCUT2D eigenvalue weighted by Gasteiger charge is 2.13. The fraction of sp³-hybridized carbons (Fsp3) is 0.300. The lowest BCUT2D eigenvalue weighted by Crippen LogP contribution is -2.05. The van der Waals surface area contributed by atoms with Crippen molar-refractivity contribution in [3.63, 3.8) is 0 Å². The SMILES string of the molecule is CC(CO)Sc1ccc(Br)cc1C(=O)O. The summed E-state index contributed by atoms with van der Waals surface area (Å²) in [5.74, 6) is -0.955. The highest BCUT2D eigenvalue weighted by Crippen LogP contribution is 2.28. The zero-order chi connectivity index (χ0) is 11.4. The average Bonchev–Trinajstić information content (AvgIpc) is 2.20. The van der Waals surface area contributed by atoms with E-state index in [4.69, 9.17) is 10.2 Å². The van der Waals surface area contributed by atoms with E-state index in [-0.39, 0.29) is 17.4 Å². The first-order chi connectivity index (χ1) is 7.04. The van der Waals surface area contributed by atoms with Crippen molar-refractivity contribution in [3.05, 3.63) is 28.2 Å². The lowest BCUT2D eigenvalue weighted by molar-refractivity contribution is 0.0693. The van der Waals surface area contributed by atoms with E-state index in [9.17, 15) is 4.79 Å². The molecular formula is C10H11BrO3S. The third-order valence-corrected chi connectivity index (χ3v) is 3.41. The summed E-state index contributed by atoms with van der Waals surface area (Å²) in [7, 11) is 0. The molecule has 0 heterocycles. The van der Waals surface area contributed by atoms with Crippen LogP contribution in [0.3, 0.4) is 0 Å². The van der Waals surface area contributed by atoms with Gasteiger partial charge in [0.05, 0.1) is 12.2 Å². The second-order valence-corrected chi connectivity index (χ2v) is 5.45. The molecule has 1 rings (SSSR count). The minimum Gasteiger partial charge on any atom is -0.478 e. The summed E-state index contributed by atoms with van der Waals surface area (Å²) < 4.78 is 0.737. The molecule has 0 spiro atoms. The van der Waals surface area contributed by atoms with Crippen LogP contribution in [0.2, 0.25) is 0 Å². The number of aliphatic hydroxyl groups is 1. The maximum atomic E-state index is 10.9. The topological polar surface area (TPSA) is 57.5 Å². The second-order valence-electron chi connectivity index (χ2n) is 3.06. The molecule has 1 atom stereocenters. The molecule has 0 radical (unpaired) electrons. The number of halogens is 1. The summed E-state index contributed by atoms with van der Waals surface area (Å²) in [6.45, 7) is 1.87. The van der Waals surface area contributed by atoms with Crippen molar-refractivity contribution in [1.82, 2.24) is 0 Å². The summed E-state index contributed by atoms with van der Waals surface area (Å²) in [5.41, 5.74) is 0.259. The first kappa shape index (κ1) is 12.5. The Kier molecular flexibility index (Phi) is 4.63. The van der Waals surface area contributed by atoms with Crippen LogP contribution in [0.5, 0.6) is 0 Å². The van der Waals surface area contributed by atoms with E-state index in [2.05, 4.69) is 15.9 Å². The van der Waals surface area contributed by atoms with Gasteiger partial charge in [-0.15, -0.1) is 11.8 Å². The Bertz CT molecular complexity index is 368. The van der Waals surface area contributed by atoms with E-state index in [1.54, 1.807) is 18.2 Å². The summed E-state index contributed by atoms with van der Waals surface area (Å²) in [6, 6.07) is 5.10. The summed E-state index contributed by atoms with van der Waals surface area (Å²) in [6.07, 6.45) is 0. The second kappa shape index (κ2) is 5.53. The number of thioether (sulfide) groups is 1. The fourth-order valence-electron chi connectivity index (χ4n) is 1.03. The molecule has 0 aliphatic heterocycles. The first-order valence-electron chi connectivity index (χ1n) is 4.35. The summed E-state index contributed by atoms with van der Waals surface area (Å²) in [4.78, 5) is 11.6. The quantitative estimate of drug-likeness (QED) is 0.837. The van der Waals surface area contributed by atoms with Crippen molar-refractivity contribution in [2.24, 2.45) is 0 Å². The molecule has 5 heteroatoms. The molecule has 0 bridgehead atoms. The number of aromatic carboxylic acids is 1. The van der Waals surface area contributed by atoms with Crippen LogP contribution >= 0.6 is 27.7 Å². The Balaban J connectivity index is 3.01. The van der Waals surface area contributed by atoms with Gasteiger partial charge in [-0.3, -0.25) is 0 Å². The number of carboxylic acid groups (broad SMARTS) is 1. The molecule has 0 saturated heterocycles. The average molecular weight is 291 g/mol. The summed E-state index contributed by atoms with van der Waals surface area (Å²) >= 11 is 4.58. The Morgan fingerprint density at radius 1 is 1.60 bits per heavy atom. The summed E-state index contributed by atoms with van der Waals surface area (Å²) in [5, 5.41) is 17.9. The Morgan fingerprint density at radius 2 is 2.27 bits per heavy atom. The smallest absolute Gasteiger partial charge is 0.336 e. The van der Waals surface area contributed by atoms with Gasteiger partial charge in [0.1, 0.15) is 0 Å². The van der Waals surface area contributed by atoms with Crippen LogP contribution < -0.4 is 0 Å². The molecule has 2 N–H and O–H groups in total. The van der Waals surface area contributed by atoms with Gasteiger partial charge in [0.2, 0.25) is 0 Å². The Morgan fingerprint density at radius 3 is 2.80 bits per heavy atom. The molecule has 0 aliphatic rings. The van der Waals surface area contributed by atoms with Gasteiger partial charge in [-0.25, -0.2) is 4.79 Å². The van der Waals surface area contributed by atoms with Crippen molar-refractivity contribution in [2.75, 3.05) is 6.61 Å². The largest absolute Gasteiger partial charge is 0.478 e. The maximum absolute atomic E-state index is 10.9. The molecule has 82 valence electrons. The molecule has 0 aliphatic carbocycles. The van der Waals surface area contributed by atoms with Crippen molar-refractivity contribution in [2.45, 2.75) is 17.1 Å². The van der Waals surface area contributed by atoms with E-state index < -0.39 is 5.97 Å². The van der Waals surface area contributed by atoms with Gasteiger partial charge in [0, 0.05) is 14.6 Å². The number of carboxylic acids is 1. The van der Waals surface area contributed by atoms with Crippen LogP contribution in [-0.4, -0.2) is 28.0 Å². The molecule has 1 unspecified atom stereocenters. The monoisotopic (exact) mass is 290 g/mol. The number of carbonyl (C=O) groups is 1. The molecule has 0 amide bonds. The lowest BCUT2D eigenvalue weighted by Gasteiger charge is -2.10. The zero-order valence-corrected chi connectivity index (χ0v) is 10.5. The fourth-order valence-corrected chi connectivity index (χ4v) is 2.32. The van der Waals surface area contributed by atoms with E-state index >= 15 is 0 Å². The number of hydrogen-bond donors (Lipinski definition) is 2. The normalized spacial score (nSPS) is 12.5. The van der Waals surface area contributed by atoms with Gasteiger partial charge in [-0.1, -0.05) is 22.9 Å². The highest BCUT2D eigenvalue weighted by molar-refractivity contribution is 9.10. The van der Waals surface area contributed by atoms with Gasteiger partial charge in [0.15, 0.2) is 0 Å². The molecule has 0 aromatic heterocycles. The maximum Gasteiger partial charge on any atom is 0.336 e. The van der Waals surface area contributed by atoms with Gasteiger partial charge >= 0.3 is 5.97 Å². The Labute approximate surface area is 101 Å². The van der Waals surface area contributed by atoms with Gasteiger partial charge in [0.25, 0.3) is 0 Å². The molecule has 1 aromatic carbocycles. The standard InChI is InChI=1S/C10H11BrO3S/c1-6(5-12)15-9-3-2-7(11)4-8(9)10(13)14/h2-4,6,12H,5H2,1H3,(H,13,14). The van der Waals surface area contributed by atoms with E-state index in [1.807, 2.05) is 6.92 Å². The molecule has 1 aromatic rings. The first-order valence-corrected chi connectivity index (χ1v) is 6.02. The third kappa shape index (κ3) is 3.52. The number of aliphatic hydroxyl groups excluding tert-OH is 1. The zero-order valence-electron chi connectivity index (χ0n) is 8.11. The molecular weight excluding hydrogens is 280 g/mol. The predicted octanol–water partition coefficient (Wildman–Crippen LogP) is 2.62. The molecule has 3 nitrogen and oxygen atoms in total. The molecule has 0 fully saturated rings. The van der Waals surface area contributed by atoms with Crippen molar-refractivity contribution < 1.29 is 15.0 Å². The van der Waals surface area contributed by atoms with Crippen LogP contribution in [0.4, 0.5) is 0 Å².